The number of amides is 1. The maximum Gasteiger partial charge on any atom is 0.262 e. The van der Waals surface area contributed by atoms with Crippen LogP contribution in [0.2, 0.25) is 0 Å². The zero-order valence-corrected chi connectivity index (χ0v) is 18.6. The Bertz CT molecular complexity index is 1200. The minimum absolute atomic E-state index is 0.0484. The van der Waals surface area contributed by atoms with Gasteiger partial charge >= 0.3 is 0 Å². The predicted octanol–water partition coefficient (Wildman–Crippen LogP) is 3.90. The number of hydrogen-bond acceptors (Lipinski definition) is 6. The molecule has 7 nitrogen and oxygen atoms in total. The third kappa shape index (κ3) is 3.60. The summed E-state index contributed by atoms with van der Waals surface area (Å²) < 4.78 is 13.4. The Morgan fingerprint density at radius 2 is 1.97 bits per heavy atom. The number of rotatable bonds is 4. The summed E-state index contributed by atoms with van der Waals surface area (Å²) in [6.45, 7) is 1.26. The summed E-state index contributed by atoms with van der Waals surface area (Å²) in [7, 11) is 0. The molecule has 0 atom stereocenters. The first-order chi connectivity index (χ1) is 14.6. The van der Waals surface area contributed by atoms with Crippen LogP contribution in [0.3, 0.4) is 0 Å². The van der Waals surface area contributed by atoms with Crippen LogP contribution in [0.5, 0.6) is 11.5 Å². The summed E-state index contributed by atoms with van der Waals surface area (Å²) in [4.78, 5) is 32.1. The van der Waals surface area contributed by atoms with Crippen LogP contribution in [0.15, 0.2) is 27.7 Å². The van der Waals surface area contributed by atoms with Crippen LogP contribution in [0, 0.1) is 0 Å². The van der Waals surface area contributed by atoms with Crippen molar-refractivity contribution in [3.05, 3.63) is 43.7 Å². The van der Waals surface area contributed by atoms with Crippen molar-refractivity contribution in [3.8, 4) is 11.5 Å². The molecule has 2 aliphatic rings. The number of ether oxygens (including phenoxy) is 2. The molecule has 1 N–H and O–H groups in total. The second kappa shape index (κ2) is 8.03. The summed E-state index contributed by atoms with van der Waals surface area (Å²) >= 11 is 5.09. The molecule has 30 heavy (non-hydrogen) atoms. The fourth-order valence-corrected chi connectivity index (χ4v) is 5.58. The molecule has 0 saturated heterocycles. The molecule has 1 aliphatic carbocycles. The van der Waals surface area contributed by atoms with E-state index in [0.717, 1.165) is 35.0 Å². The van der Waals surface area contributed by atoms with E-state index in [2.05, 4.69) is 26.2 Å². The van der Waals surface area contributed by atoms with Crippen molar-refractivity contribution < 1.29 is 14.3 Å². The van der Waals surface area contributed by atoms with Gasteiger partial charge in [0.15, 0.2) is 11.5 Å². The van der Waals surface area contributed by atoms with Crippen LogP contribution in [-0.4, -0.2) is 28.7 Å². The standard InChI is InChI=1S/C21H20BrN3O4S/c22-13-9-15-16(29-8-7-28-15)10-14(13)24-18(26)5-6-25-11-23-20-19(21(25)27)12-3-1-2-4-17(12)30-20/h9-11H,1-8H2,(H,24,26). The van der Waals surface area contributed by atoms with Crippen molar-refractivity contribution in [1.82, 2.24) is 9.55 Å². The third-order valence-corrected chi connectivity index (χ3v) is 7.28. The number of fused-ring (bicyclic) bond motifs is 4. The Morgan fingerprint density at radius 1 is 1.20 bits per heavy atom. The second-order valence-electron chi connectivity index (χ2n) is 7.41. The number of carbonyl (C=O) groups excluding carboxylic acids is 1. The molecule has 0 saturated carbocycles. The molecule has 0 unspecified atom stereocenters. The van der Waals surface area contributed by atoms with Gasteiger partial charge in [0.1, 0.15) is 18.0 Å². The van der Waals surface area contributed by atoms with Gasteiger partial charge < -0.3 is 14.8 Å². The number of hydrogen-bond donors (Lipinski definition) is 1. The van der Waals surface area contributed by atoms with E-state index in [1.54, 1.807) is 34.4 Å². The molecule has 0 radical (unpaired) electrons. The number of carbonyl (C=O) groups is 1. The van der Waals surface area contributed by atoms with E-state index in [0.29, 0.717) is 34.9 Å². The van der Waals surface area contributed by atoms with Crippen molar-refractivity contribution in [2.45, 2.75) is 38.6 Å². The number of nitrogens with one attached hydrogen (secondary N) is 1. The van der Waals surface area contributed by atoms with Gasteiger partial charge in [0, 0.05) is 34.4 Å². The van der Waals surface area contributed by atoms with Gasteiger partial charge in [0.2, 0.25) is 5.91 Å². The molecule has 1 amide bonds. The van der Waals surface area contributed by atoms with Gasteiger partial charge in [-0.3, -0.25) is 14.2 Å². The predicted molar refractivity (Wildman–Crippen MR) is 119 cm³/mol. The third-order valence-electron chi connectivity index (χ3n) is 5.43. The number of anilines is 1. The number of aryl methyl sites for hydroxylation is 3. The van der Waals surface area contributed by atoms with E-state index in [1.165, 1.54) is 11.3 Å². The van der Waals surface area contributed by atoms with E-state index in [-0.39, 0.29) is 24.4 Å². The van der Waals surface area contributed by atoms with Crippen LogP contribution in [0.25, 0.3) is 10.2 Å². The summed E-state index contributed by atoms with van der Waals surface area (Å²) in [6, 6.07) is 3.53. The first-order valence-electron chi connectivity index (χ1n) is 9.99. The van der Waals surface area contributed by atoms with E-state index in [1.807, 2.05) is 0 Å². The van der Waals surface area contributed by atoms with E-state index in [4.69, 9.17) is 9.47 Å². The summed E-state index contributed by atoms with van der Waals surface area (Å²) in [5.74, 6) is 1.07. The van der Waals surface area contributed by atoms with Gasteiger partial charge in [-0.05, 0) is 47.2 Å². The lowest BCUT2D eigenvalue weighted by Gasteiger charge is -2.20. The maximum atomic E-state index is 13.0. The van der Waals surface area contributed by atoms with Crippen molar-refractivity contribution in [2.75, 3.05) is 18.5 Å². The first-order valence-corrected chi connectivity index (χ1v) is 11.6. The Morgan fingerprint density at radius 3 is 2.80 bits per heavy atom. The molecule has 1 aromatic carbocycles. The molecule has 0 spiro atoms. The van der Waals surface area contributed by atoms with Gasteiger partial charge in [-0.1, -0.05) is 0 Å². The van der Waals surface area contributed by atoms with Crippen molar-refractivity contribution >= 4 is 49.1 Å². The zero-order chi connectivity index (χ0) is 20.7. The van der Waals surface area contributed by atoms with Gasteiger partial charge in [-0.2, -0.15) is 0 Å². The maximum absolute atomic E-state index is 13.0. The minimum atomic E-state index is -0.188. The molecule has 2 aromatic heterocycles. The first kappa shape index (κ1) is 19.6. The van der Waals surface area contributed by atoms with Crippen molar-refractivity contribution in [2.24, 2.45) is 0 Å². The number of aromatic nitrogens is 2. The summed E-state index contributed by atoms with van der Waals surface area (Å²) in [5, 5.41) is 3.62. The van der Waals surface area contributed by atoms with Crippen LogP contribution >= 0.6 is 27.3 Å². The summed E-state index contributed by atoms with van der Waals surface area (Å²) in [6.07, 6.45) is 5.97. The fraction of sp³-hybridized carbons (Fsp3) is 0.381. The highest BCUT2D eigenvalue weighted by Gasteiger charge is 2.20. The largest absolute Gasteiger partial charge is 0.486 e. The lowest BCUT2D eigenvalue weighted by molar-refractivity contribution is -0.116. The Labute approximate surface area is 185 Å². The molecular weight excluding hydrogens is 470 g/mol. The molecule has 5 rings (SSSR count). The zero-order valence-electron chi connectivity index (χ0n) is 16.2. The Balaban J connectivity index is 1.32. The fourth-order valence-electron chi connectivity index (χ4n) is 3.93. The molecule has 3 aromatic rings. The average Bonchev–Trinajstić information content (AvgIpc) is 3.13. The highest BCUT2D eigenvalue weighted by molar-refractivity contribution is 9.10. The molecular formula is C21H20BrN3O4S. The lowest BCUT2D eigenvalue weighted by atomic mass is 9.97. The number of thiophene rings is 1. The van der Waals surface area contributed by atoms with Crippen LogP contribution in [0.1, 0.15) is 29.7 Å². The van der Waals surface area contributed by atoms with Crippen molar-refractivity contribution in [3.63, 3.8) is 0 Å². The van der Waals surface area contributed by atoms with Crippen LogP contribution in [0.4, 0.5) is 5.69 Å². The lowest BCUT2D eigenvalue weighted by Crippen LogP contribution is -2.24. The molecule has 3 heterocycles. The molecule has 0 fully saturated rings. The Kier molecular flexibility index (Phi) is 5.24. The highest BCUT2D eigenvalue weighted by atomic mass is 79.9. The molecule has 156 valence electrons. The SMILES string of the molecule is O=C(CCn1cnc2sc3c(c2c1=O)CCCC3)Nc1cc2c(cc1Br)OCCO2. The van der Waals surface area contributed by atoms with Gasteiger partial charge in [-0.25, -0.2) is 4.98 Å². The average molecular weight is 490 g/mol. The van der Waals surface area contributed by atoms with Gasteiger partial charge in [0.05, 0.1) is 17.4 Å². The number of benzene rings is 1. The molecule has 0 bridgehead atoms. The van der Waals surface area contributed by atoms with Crippen LogP contribution in [-0.2, 0) is 24.2 Å². The van der Waals surface area contributed by atoms with Gasteiger partial charge in [-0.15, -0.1) is 11.3 Å². The number of halogens is 1. The molecule has 1 aliphatic heterocycles. The van der Waals surface area contributed by atoms with E-state index < -0.39 is 0 Å². The minimum Gasteiger partial charge on any atom is -0.486 e. The molecule has 9 heteroatoms. The topological polar surface area (TPSA) is 82.5 Å². The van der Waals surface area contributed by atoms with E-state index >= 15 is 0 Å². The normalized spacial score (nSPS) is 15.1. The summed E-state index contributed by atoms with van der Waals surface area (Å²) in [5.41, 5.74) is 1.72. The quantitative estimate of drug-likeness (QED) is 0.600. The van der Waals surface area contributed by atoms with Crippen LogP contribution < -0.4 is 20.3 Å². The Hall–Kier alpha value is -2.39. The second-order valence-corrected chi connectivity index (χ2v) is 9.35. The number of nitrogens with zero attached hydrogens (tertiary/aromatic N) is 2. The monoisotopic (exact) mass is 489 g/mol. The smallest absolute Gasteiger partial charge is 0.262 e. The van der Waals surface area contributed by atoms with E-state index in [9.17, 15) is 9.59 Å². The van der Waals surface area contributed by atoms with Gasteiger partial charge in [0.25, 0.3) is 5.56 Å². The highest BCUT2D eigenvalue weighted by Crippen LogP contribution is 2.38. The van der Waals surface area contributed by atoms with Crippen molar-refractivity contribution in [1.29, 1.82) is 0 Å².